The highest BCUT2D eigenvalue weighted by Crippen LogP contribution is 2.27. The van der Waals surface area contributed by atoms with Gasteiger partial charge in [0.2, 0.25) is 5.91 Å². The zero-order chi connectivity index (χ0) is 18.6. The number of likely N-dealkylation sites (tertiary alicyclic amines) is 1. The molecular formula is C20H22N4O2S. The lowest BCUT2D eigenvalue weighted by Gasteiger charge is -2.32. The number of phenols is 1. The normalized spacial score (nSPS) is 17.2. The molecule has 1 aliphatic heterocycles. The fourth-order valence-electron chi connectivity index (χ4n) is 3.62. The first-order valence-electron chi connectivity index (χ1n) is 9.13. The van der Waals surface area contributed by atoms with Gasteiger partial charge >= 0.3 is 0 Å². The van der Waals surface area contributed by atoms with Crippen molar-refractivity contribution >= 4 is 17.2 Å². The van der Waals surface area contributed by atoms with Crippen LogP contribution in [0.25, 0.3) is 0 Å². The van der Waals surface area contributed by atoms with E-state index in [0.717, 1.165) is 43.0 Å². The van der Waals surface area contributed by atoms with Crippen LogP contribution in [0.4, 0.5) is 0 Å². The number of thiazole rings is 1. The summed E-state index contributed by atoms with van der Waals surface area (Å²) in [6, 6.07) is 6.85. The molecule has 0 bridgehead atoms. The highest BCUT2D eigenvalue weighted by Gasteiger charge is 2.27. The molecule has 3 aromatic rings. The lowest BCUT2D eigenvalue weighted by molar-refractivity contribution is -0.131. The van der Waals surface area contributed by atoms with Crippen LogP contribution in [0.1, 0.15) is 35.8 Å². The van der Waals surface area contributed by atoms with Crippen molar-refractivity contribution < 1.29 is 9.90 Å². The molecule has 0 saturated carbocycles. The van der Waals surface area contributed by atoms with Crippen LogP contribution < -0.4 is 0 Å². The molecule has 1 saturated heterocycles. The molecule has 4 rings (SSSR count). The molecule has 0 aliphatic carbocycles. The van der Waals surface area contributed by atoms with Gasteiger partial charge in [-0.05, 0) is 30.5 Å². The summed E-state index contributed by atoms with van der Waals surface area (Å²) in [6.45, 7) is 2.21. The zero-order valence-electron chi connectivity index (χ0n) is 15.0. The van der Waals surface area contributed by atoms with Crippen molar-refractivity contribution in [1.29, 1.82) is 0 Å². The number of hydrogen-bond donors (Lipinski definition) is 1. The Morgan fingerprint density at radius 3 is 2.89 bits per heavy atom. The molecule has 1 atom stereocenters. The molecule has 27 heavy (non-hydrogen) atoms. The van der Waals surface area contributed by atoms with Crippen LogP contribution in [0, 0.1) is 0 Å². The van der Waals surface area contributed by atoms with Crippen molar-refractivity contribution in [2.45, 2.75) is 31.7 Å². The van der Waals surface area contributed by atoms with Gasteiger partial charge in [0.05, 0.1) is 24.2 Å². The summed E-state index contributed by atoms with van der Waals surface area (Å²) in [6.07, 6.45) is 6.21. The predicted molar refractivity (Wildman–Crippen MR) is 104 cm³/mol. The quantitative estimate of drug-likeness (QED) is 0.736. The zero-order valence-corrected chi connectivity index (χ0v) is 15.8. The van der Waals surface area contributed by atoms with Gasteiger partial charge in [-0.25, -0.2) is 9.97 Å². The monoisotopic (exact) mass is 382 g/mol. The van der Waals surface area contributed by atoms with Crippen LogP contribution in [-0.4, -0.2) is 43.5 Å². The van der Waals surface area contributed by atoms with Crippen LogP contribution in [0.2, 0.25) is 0 Å². The summed E-state index contributed by atoms with van der Waals surface area (Å²) < 4.78 is 2.15. The molecular weight excluding hydrogens is 360 g/mol. The Morgan fingerprint density at radius 2 is 2.11 bits per heavy atom. The number of rotatable bonds is 5. The van der Waals surface area contributed by atoms with Gasteiger partial charge in [0.15, 0.2) is 0 Å². The number of carbonyl (C=O) groups is 1. The molecule has 6 nitrogen and oxygen atoms in total. The van der Waals surface area contributed by atoms with Crippen LogP contribution in [0.3, 0.4) is 0 Å². The summed E-state index contributed by atoms with van der Waals surface area (Å²) in [4.78, 5) is 23.6. The highest BCUT2D eigenvalue weighted by molar-refractivity contribution is 7.07. The Balaban J connectivity index is 1.43. The molecule has 2 aromatic heterocycles. The second-order valence-electron chi connectivity index (χ2n) is 6.92. The molecule has 3 heterocycles. The van der Waals surface area contributed by atoms with Crippen LogP contribution in [0.15, 0.2) is 47.5 Å². The van der Waals surface area contributed by atoms with E-state index in [9.17, 15) is 9.90 Å². The highest BCUT2D eigenvalue weighted by atomic mass is 32.1. The van der Waals surface area contributed by atoms with Crippen molar-refractivity contribution in [3.05, 3.63) is 64.6 Å². The van der Waals surface area contributed by atoms with E-state index in [1.807, 2.05) is 22.8 Å². The van der Waals surface area contributed by atoms with E-state index in [-0.39, 0.29) is 17.6 Å². The molecule has 7 heteroatoms. The standard InChI is InChI=1S/C20H22N4O2S/c25-18-5-3-15(4-6-18)10-19(26)23-8-1-2-16(11-23)20-21-7-9-24(20)12-17-13-27-14-22-17/h3-7,9,13-14,16,25H,1-2,8,10-12H2. The Bertz CT molecular complexity index is 889. The fraction of sp³-hybridized carbons (Fsp3) is 0.350. The van der Waals surface area contributed by atoms with Crippen LogP contribution in [0.5, 0.6) is 5.75 Å². The molecule has 1 unspecified atom stereocenters. The molecule has 1 amide bonds. The SMILES string of the molecule is O=C(Cc1ccc(O)cc1)N1CCCC(c2nccn2Cc2cscn2)C1. The number of amides is 1. The van der Waals surface area contributed by atoms with E-state index < -0.39 is 0 Å². The smallest absolute Gasteiger partial charge is 0.227 e. The number of aromatic nitrogens is 3. The van der Waals surface area contributed by atoms with Crippen molar-refractivity contribution in [1.82, 2.24) is 19.4 Å². The fourth-order valence-corrected chi connectivity index (χ4v) is 4.17. The Kier molecular flexibility index (Phi) is 5.20. The maximum absolute atomic E-state index is 12.7. The van der Waals surface area contributed by atoms with Gasteiger partial charge in [-0.15, -0.1) is 11.3 Å². The van der Waals surface area contributed by atoms with Gasteiger partial charge < -0.3 is 14.6 Å². The van der Waals surface area contributed by atoms with Gasteiger partial charge in [-0.2, -0.15) is 0 Å². The van der Waals surface area contributed by atoms with E-state index in [1.165, 1.54) is 0 Å². The van der Waals surface area contributed by atoms with Gasteiger partial charge in [-0.1, -0.05) is 12.1 Å². The van der Waals surface area contributed by atoms with E-state index in [4.69, 9.17) is 0 Å². The molecule has 1 fully saturated rings. The number of carbonyl (C=O) groups excluding carboxylic acids is 1. The predicted octanol–water partition coefficient (Wildman–Crippen LogP) is 3.04. The van der Waals surface area contributed by atoms with E-state index >= 15 is 0 Å². The second kappa shape index (κ2) is 7.92. The average molecular weight is 382 g/mol. The molecule has 1 aromatic carbocycles. The molecule has 1 N–H and O–H groups in total. The van der Waals surface area contributed by atoms with Gasteiger partial charge in [0.25, 0.3) is 0 Å². The number of imidazole rings is 1. The summed E-state index contributed by atoms with van der Waals surface area (Å²) in [5.41, 5.74) is 3.80. The minimum Gasteiger partial charge on any atom is -0.508 e. The van der Waals surface area contributed by atoms with Gasteiger partial charge in [0, 0.05) is 36.8 Å². The van der Waals surface area contributed by atoms with Crippen molar-refractivity contribution in [2.75, 3.05) is 13.1 Å². The summed E-state index contributed by atoms with van der Waals surface area (Å²) in [5.74, 6) is 1.63. The number of phenolic OH excluding ortho intramolecular Hbond substituents is 1. The topological polar surface area (TPSA) is 71.2 Å². The number of piperidine rings is 1. The summed E-state index contributed by atoms with van der Waals surface area (Å²) >= 11 is 1.60. The van der Waals surface area contributed by atoms with Gasteiger partial charge in [-0.3, -0.25) is 4.79 Å². The van der Waals surface area contributed by atoms with Crippen LogP contribution >= 0.6 is 11.3 Å². The maximum atomic E-state index is 12.7. The Morgan fingerprint density at radius 1 is 1.26 bits per heavy atom. The number of benzene rings is 1. The molecule has 0 radical (unpaired) electrons. The third-order valence-corrected chi connectivity index (χ3v) is 5.63. The minimum atomic E-state index is 0.128. The maximum Gasteiger partial charge on any atom is 0.227 e. The Labute approximate surface area is 162 Å². The average Bonchev–Trinajstić information content (AvgIpc) is 3.36. The second-order valence-corrected chi connectivity index (χ2v) is 7.63. The third-order valence-electron chi connectivity index (χ3n) is 4.99. The van der Waals surface area contributed by atoms with Gasteiger partial charge in [0.1, 0.15) is 11.6 Å². The first-order valence-corrected chi connectivity index (χ1v) is 10.1. The summed E-state index contributed by atoms with van der Waals surface area (Å²) in [7, 11) is 0. The summed E-state index contributed by atoms with van der Waals surface area (Å²) in [5, 5.41) is 11.4. The Hall–Kier alpha value is -2.67. The lowest BCUT2D eigenvalue weighted by Crippen LogP contribution is -2.40. The molecule has 1 aliphatic rings. The van der Waals surface area contributed by atoms with Crippen LogP contribution in [-0.2, 0) is 17.8 Å². The van der Waals surface area contributed by atoms with E-state index in [2.05, 4.69) is 19.9 Å². The van der Waals surface area contributed by atoms with E-state index in [1.54, 1.807) is 35.6 Å². The number of hydrogen-bond acceptors (Lipinski definition) is 5. The third kappa shape index (κ3) is 4.19. The largest absolute Gasteiger partial charge is 0.508 e. The lowest BCUT2D eigenvalue weighted by atomic mass is 9.96. The molecule has 140 valence electrons. The van der Waals surface area contributed by atoms with Crippen molar-refractivity contribution in [3.63, 3.8) is 0 Å². The first-order chi connectivity index (χ1) is 13.2. The number of aromatic hydroxyl groups is 1. The van der Waals surface area contributed by atoms with E-state index in [0.29, 0.717) is 13.0 Å². The number of nitrogens with zero attached hydrogens (tertiary/aromatic N) is 4. The minimum absolute atomic E-state index is 0.128. The molecule has 0 spiro atoms. The van der Waals surface area contributed by atoms with Crippen molar-refractivity contribution in [2.24, 2.45) is 0 Å². The first kappa shape index (κ1) is 17.7. The van der Waals surface area contributed by atoms with Crippen molar-refractivity contribution in [3.8, 4) is 5.75 Å².